The van der Waals surface area contributed by atoms with Crippen LogP contribution in [0.4, 0.5) is 0 Å². The predicted octanol–water partition coefficient (Wildman–Crippen LogP) is 3.46. The Labute approximate surface area is 146 Å². The van der Waals surface area contributed by atoms with Gasteiger partial charge in [0, 0.05) is 10.0 Å². The first-order chi connectivity index (χ1) is 11.6. The van der Waals surface area contributed by atoms with Gasteiger partial charge >= 0.3 is 5.97 Å². The van der Waals surface area contributed by atoms with E-state index in [1.54, 1.807) is 30.0 Å². The highest BCUT2D eigenvalue weighted by molar-refractivity contribution is 9.10. The van der Waals surface area contributed by atoms with Crippen LogP contribution >= 0.6 is 15.9 Å². The van der Waals surface area contributed by atoms with Crippen molar-refractivity contribution in [1.82, 2.24) is 15.0 Å². The van der Waals surface area contributed by atoms with Crippen LogP contribution in [0.2, 0.25) is 0 Å². The summed E-state index contributed by atoms with van der Waals surface area (Å²) in [5, 5.41) is 17.3. The maximum Gasteiger partial charge on any atom is 0.358 e. The summed E-state index contributed by atoms with van der Waals surface area (Å²) < 4.78 is 7.78. The molecule has 2 aromatic carbocycles. The van der Waals surface area contributed by atoms with Crippen molar-refractivity contribution in [3.63, 3.8) is 0 Å². The second kappa shape index (κ2) is 6.84. The van der Waals surface area contributed by atoms with Gasteiger partial charge in [0.2, 0.25) is 0 Å². The summed E-state index contributed by atoms with van der Waals surface area (Å²) in [5.74, 6) is -0.477. The Hall–Kier alpha value is -2.67. The molecule has 0 radical (unpaired) electrons. The summed E-state index contributed by atoms with van der Waals surface area (Å²) in [6.07, 6.45) is 0. The number of hydrogen-bond acceptors (Lipinski definition) is 4. The van der Waals surface area contributed by atoms with Gasteiger partial charge in [-0.2, -0.15) is 0 Å². The molecule has 0 fully saturated rings. The van der Waals surface area contributed by atoms with Crippen LogP contribution in [-0.2, 0) is 6.54 Å². The summed E-state index contributed by atoms with van der Waals surface area (Å²) in [4.78, 5) is 11.5. The largest absolute Gasteiger partial charge is 0.497 e. The molecule has 0 saturated carbocycles. The SMILES string of the molecule is COc1cccc(-c2c(C(=O)O)nnn2Cc2ccc(Br)cc2)c1. The zero-order chi connectivity index (χ0) is 17.1. The number of methoxy groups -OCH3 is 1. The topological polar surface area (TPSA) is 77.2 Å². The van der Waals surface area contributed by atoms with Crippen molar-refractivity contribution in [2.24, 2.45) is 0 Å². The number of ether oxygens (including phenoxy) is 1. The Kier molecular flexibility index (Phi) is 4.61. The molecule has 1 aromatic heterocycles. The van der Waals surface area contributed by atoms with Gasteiger partial charge < -0.3 is 9.84 Å². The van der Waals surface area contributed by atoms with Gasteiger partial charge in [-0.1, -0.05) is 45.4 Å². The monoisotopic (exact) mass is 387 g/mol. The quantitative estimate of drug-likeness (QED) is 0.725. The van der Waals surface area contributed by atoms with Crippen molar-refractivity contribution >= 4 is 21.9 Å². The van der Waals surface area contributed by atoms with E-state index in [-0.39, 0.29) is 5.69 Å². The van der Waals surface area contributed by atoms with E-state index in [1.807, 2.05) is 30.3 Å². The molecular weight excluding hydrogens is 374 g/mol. The third kappa shape index (κ3) is 3.30. The second-order valence-electron chi connectivity index (χ2n) is 5.11. The van der Waals surface area contributed by atoms with E-state index in [1.165, 1.54) is 0 Å². The van der Waals surface area contributed by atoms with Crippen molar-refractivity contribution in [1.29, 1.82) is 0 Å². The Balaban J connectivity index is 2.06. The molecule has 0 unspecified atom stereocenters. The molecule has 0 saturated heterocycles. The standard InChI is InChI=1S/C17H14BrN3O3/c1-24-14-4-2-3-12(9-14)16-15(17(22)23)19-20-21(16)10-11-5-7-13(18)8-6-11/h2-9H,10H2,1H3,(H,22,23). The molecule has 0 aliphatic carbocycles. The fourth-order valence-corrected chi connectivity index (χ4v) is 2.65. The number of aromatic carboxylic acids is 1. The minimum atomic E-state index is -1.12. The summed E-state index contributed by atoms with van der Waals surface area (Å²) in [6.45, 7) is 0.417. The number of carbonyl (C=O) groups is 1. The molecule has 1 N–H and O–H groups in total. The maximum absolute atomic E-state index is 11.5. The Morgan fingerprint density at radius 3 is 2.67 bits per heavy atom. The van der Waals surface area contributed by atoms with Crippen LogP contribution in [0.15, 0.2) is 53.0 Å². The highest BCUT2D eigenvalue weighted by Gasteiger charge is 2.21. The molecule has 1 heterocycles. The smallest absolute Gasteiger partial charge is 0.358 e. The molecule has 122 valence electrons. The van der Waals surface area contributed by atoms with E-state index in [4.69, 9.17) is 4.74 Å². The fraction of sp³-hybridized carbons (Fsp3) is 0.118. The normalized spacial score (nSPS) is 10.6. The van der Waals surface area contributed by atoms with Gasteiger partial charge in [0.05, 0.1) is 13.7 Å². The molecule has 0 aliphatic heterocycles. The Bertz CT molecular complexity index is 875. The van der Waals surface area contributed by atoms with Gasteiger partial charge in [-0.15, -0.1) is 5.10 Å². The minimum absolute atomic E-state index is 0.0830. The van der Waals surface area contributed by atoms with Crippen molar-refractivity contribution in [3.8, 4) is 17.0 Å². The van der Waals surface area contributed by atoms with Gasteiger partial charge in [0.15, 0.2) is 5.69 Å². The van der Waals surface area contributed by atoms with Crippen LogP contribution in [0.5, 0.6) is 5.75 Å². The van der Waals surface area contributed by atoms with Crippen LogP contribution in [0, 0.1) is 0 Å². The Morgan fingerprint density at radius 1 is 1.25 bits per heavy atom. The second-order valence-corrected chi connectivity index (χ2v) is 6.02. The van der Waals surface area contributed by atoms with Crippen LogP contribution in [-0.4, -0.2) is 33.2 Å². The first kappa shape index (κ1) is 16.2. The summed E-state index contributed by atoms with van der Waals surface area (Å²) in [6, 6.07) is 14.9. The van der Waals surface area contributed by atoms with Crippen molar-refractivity contribution < 1.29 is 14.6 Å². The number of halogens is 1. The maximum atomic E-state index is 11.5. The van der Waals surface area contributed by atoms with Crippen LogP contribution in [0.3, 0.4) is 0 Å². The van der Waals surface area contributed by atoms with Gasteiger partial charge in [-0.25, -0.2) is 9.48 Å². The summed E-state index contributed by atoms with van der Waals surface area (Å²) in [7, 11) is 1.56. The molecule has 24 heavy (non-hydrogen) atoms. The average Bonchev–Trinajstić information content (AvgIpc) is 3.01. The number of aromatic nitrogens is 3. The van der Waals surface area contributed by atoms with E-state index in [9.17, 15) is 9.90 Å². The first-order valence-corrected chi connectivity index (χ1v) is 7.93. The van der Waals surface area contributed by atoms with Crippen LogP contribution in [0.1, 0.15) is 16.1 Å². The van der Waals surface area contributed by atoms with E-state index in [0.717, 1.165) is 10.0 Å². The van der Waals surface area contributed by atoms with Crippen molar-refractivity contribution in [2.75, 3.05) is 7.11 Å². The molecule has 0 spiro atoms. The summed E-state index contributed by atoms with van der Waals surface area (Å²) in [5.41, 5.74) is 2.04. The van der Waals surface area contributed by atoms with Gasteiger partial charge in [0.25, 0.3) is 0 Å². The van der Waals surface area contributed by atoms with Gasteiger partial charge in [0.1, 0.15) is 11.4 Å². The molecule has 0 amide bonds. The number of carboxylic acids is 1. The summed E-state index contributed by atoms with van der Waals surface area (Å²) >= 11 is 3.39. The number of rotatable bonds is 5. The Morgan fingerprint density at radius 2 is 2.00 bits per heavy atom. The first-order valence-electron chi connectivity index (χ1n) is 7.14. The third-order valence-corrected chi connectivity index (χ3v) is 4.06. The fourth-order valence-electron chi connectivity index (χ4n) is 2.39. The van der Waals surface area contributed by atoms with Crippen LogP contribution < -0.4 is 4.74 Å². The van der Waals surface area contributed by atoms with E-state index >= 15 is 0 Å². The molecule has 0 aliphatic rings. The lowest BCUT2D eigenvalue weighted by atomic mass is 10.1. The molecule has 3 aromatic rings. The molecule has 0 atom stereocenters. The minimum Gasteiger partial charge on any atom is -0.497 e. The van der Waals surface area contributed by atoms with E-state index < -0.39 is 5.97 Å². The molecule has 6 nitrogen and oxygen atoms in total. The van der Waals surface area contributed by atoms with Crippen molar-refractivity contribution in [2.45, 2.75) is 6.54 Å². The van der Waals surface area contributed by atoms with E-state index in [0.29, 0.717) is 23.6 Å². The zero-order valence-electron chi connectivity index (χ0n) is 12.8. The third-order valence-electron chi connectivity index (χ3n) is 3.53. The number of nitrogens with zero attached hydrogens (tertiary/aromatic N) is 3. The van der Waals surface area contributed by atoms with Crippen LogP contribution in [0.25, 0.3) is 11.3 Å². The lowest BCUT2D eigenvalue weighted by molar-refractivity contribution is 0.0691. The number of carboxylic acid groups (broad SMARTS) is 1. The highest BCUT2D eigenvalue weighted by atomic mass is 79.9. The molecule has 0 bridgehead atoms. The molecule has 7 heteroatoms. The molecular formula is C17H14BrN3O3. The molecule has 3 rings (SSSR count). The van der Waals surface area contributed by atoms with Gasteiger partial charge in [-0.05, 0) is 29.8 Å². The lowest BCUT2D eigenvalue weighted by Gasteiger charge is -2.09. The predicted molar refractivity (Wildman–Crippen MR) is 92.2 cm³/mol. The zero-order valence-corrected chi connectivity index (χ0v) is 14.4. The van der Waals surface area contributed by atoms with Crippen molar-refractivity contribution in [3.05, 3.63) is 64.3 Å². The number of hydrogen-bond donors (Lipinski definition) is 1. The average molecular weight is 388 g/mol. The van der Waals surface area contributed by atoms with Gasteiger partial charge in [-0.3, -0.25) is 0 Å². The highest BCUT2D eigenvalue weighted by Crippen LogP contribution is 2.27. The van der Waals surface area contributed by atoms with E-state index in [2.05, 4.69) is 26.2 Å². The lowest BCUT2D eigenvalue weighted by Crippen LogP contribution is -2.06. The number of benzene rings is 2.